The maximum Gasteiger partial charge on any atom is 0.407 e. The Morgan fingerprint density at radius 3 is 2.19 bits per heavy atom. The van der Waals surface area contributed by atoms with Gasteiger partial charge in [-0.25, -0.2) is 9.59 Å². The molecule has 1 aliphatic carbocycles. The van der Waals surface area contributed by atoms with Crippen LogP contribution in [0.3, 0.4) is 0 Å². The van der Waals surface area contributed by atoms with Crippen LogP contribution in [0, 0.1) is 5.92 Å². The summed E-state index contributed by atoms with van der Waals surface area (Å²) in [5.74, 6) is -0.283. The van der Waals surface area contributed by atoms with Crippen LogP contribution in [0.1, 0.15) is 104 Å². The molecule has 6 N–H and O–H groups in total. The van der Waals surface area contributed by atoms with E-state index in [9.17, 15) is 29.4 Å². The van der Waals surface area contributed by atoms with Crippen LogP contribution >= 0.6 is 0 Å². The number of carbonyl (C=O) groups is 4. The molecule has 1 heterocycles. The molecular weight excluding hydrogens is 614 g/mol. The van der Waals surface area contributed by atoms with Gasteiger partial charge in [0, 0.05) is 44.9 Å². The van der Waals surface area contributed by atoms with Gasteiger partial charge < -0.3 is 41.1 Å². The standard InChI is InChI=1S/C36H59N5O7/c1-35(2,3)48-34(46)38-27-17-20-41(21-18-27)33(45)40-29(23-26-14-10-7-11-15-26)32(44)37-19-16-31(43)39-28(30(42)24-36(4,5)47)22-25-12-8-6-9-13-25/h7,10-11,14-15,25,27-30,42,47H,6,8-9,12-13,16-24H2,1-5H3,(H,37,44)(H,38,46)(H,39,43)(H,40,45)/t28-,29-,30-/m0/s1. The second-order valence-corrected chi connectivity index (χ2v) is 15.1. The van der Waals surface area contributed by atoms with Crippen LogP contribution in [0.2, 0.25) is 0 Å². The molecule has 2 fully saturated rings. The molecule has 1 aliphatic heterocycles. The maximum absolute atomic E-state index is 13.4. The van der Waals surface area contributed by atoms with Gasteiger partial charge in [0.25, 0.3) is 0 Å². The number of likely N-dealkylation sites (tertiary alicyclic amines) is 1. The van der Waals surface area contributed by atoms with Crippen LogP contribution in [-0.2, 0) is 20.7 Å². The maximum atomic E-state index is 13.4. The Bertz CT molecular complexity index is 1170. The van der Waals surface area contributed by atoms with Crippen molar-refractivity contribution in [3.05, 3.63) is 35.9 Å². The van der Waals surface area contributed by atoms with E-state index in [1.54, 1.807) is 39.5 Å². The molecule has 1 saturated heterocycles. The number of benzene rings is 1. The Labute approximate surface area is 286 Å². The Hall–Kier alpha value is -3.38. The van der Waals surface area contributed by atoms with Crippen LogP contribution in [0.25, 0.3) is 0 Å². The van der Waals surface area contributed by atoms with Gasteiger partial charge in [0.05, 0.1) is 17.7 Å². The second-order valence-electron chi connectivity index (χ2n) is 15.1. The molecule has 12 heteroatoms. The number of nitrogens with one attached hydrogen (secondary N) is 4. The minimum atomic E-state index is -1.08. The van der Waals surface area contributed by atoms with Gasteiger partial charge in [0.15, 0.2) is 0 Å². The SMILES string of the molecule is CC(C)(O)C[C@H](O)[C@H](CC1CCCCC1)NC(=O)CCNC(=O)[C@H](Cc1ccccc1)NC(=O)N1CCC(NC(=O)OC(C)(C)C)CC1. The molecule has 48 heavy (non-hydrogen) atoms. The van der Waals surface area contributed by atoms with Crippen molar-refractivity contribution in [3.8, 4) is 0 Å². The Balaban J connectivity index is 1.53. The van der Waals surface area contributed by atoms with E-state index < -0.39 is 41.4 Å². The molecular formula is C36H59N5O7. The van der Waals surface area contributed by atoms with Crippen LogP contribution in [0.15, 0.2) is 30.3 Å². The van der Waals surface area contributed by atoms with Gasteiger partial charge in [-0.2, -0.15) is 0 Å². The number of piperidine rings is 1. The molecule has 0 spiro atoms. The summed E-state index contributed by atoms with van der Waals surface area (Å²) in [6.45, 7) is 9.57. The van der Waals surface area contributed by atoms with Gasteiger partial charge in [-0.15, -0.1) is 0 Å². The number of hydrogen-bond acceptors (Lipinski definition) is 7. The fourth-order valence-corrected chi connectivity index (χ4v) is 6.45. The highest BCUT2D eigenvalue weighted by Gasteiger charge is 2.31. The normalized spacial score (nSPS) is 18.3. The predicted octanol–water partition coefficient (Wildman–Crippen LogP) is 3.78. The first kappa shape index (κ1) is 39.1. The number of nitrogens with zero attached hydrogens (tertiary/aromatic N) is 1. The first-order valence-corrected chi connectivity index (χ1v) is 17.6. The highest BCUT2D eigenvalue weighted by atomic mass is 16.6. The third kappa shape index (κ3) is 14.8. The number of amides is 5. The van der Waals surface area contributed by atoms with Crippen LogP contribution in [0.4, 0.5) is 9.59 Å². The largest absolute Gasteiger partial charge is 0.444 e. The lowest BCUT2D eigenvalue weighted by Crippen LogP contribution is -2.55. The number of carbonyl (C=O) groups excluding carboxylic acids is 4. The highest BCUT2D eigenvalue weighted by molar-refractivity contribution is 5.87. The molecule has 0 aromatic heterocycles. The fraction of sp³-hybridized carbons (Fsp3) is 0.722. The summed E-state index contributed by atoms with van der Waals surface area (Å²) >= 11 is 0. The minimum Gasteiger partial charge on any atom is -0.444 e. The average Bonchev–Trinajstić information content (AvgIpc) is 3.00. The zero-order chi connectivity index (χ0) is 35.3. The van der Waals surface area contributed by atoms with Crippen molar-refractivity contribution in [3.63, 3.8) is 0 Å². The lowest BCUT2D eigenvalue weighted by Gasteiger charge is -2.33. The molecule has 5 amide bonds. The monoisotopic (exact) mass is 673 g/mol. The summed E-state index contributed by atoms with van der Waals surface area (Å²) in [6, 6.07) is 7.56. The smallest absolute Gasteiger partial charge is 0.407 e. The van der Waals surface area contributed by atoms with Crippen molar-refractivity contribution in [1.82, 2.24) is 26.2 Å². The average molecular weight is 674 g/mol. The number of urea groups is 1. The highest BCUT2D eigenvalue weighted by Crippen LogP contribution is 2.29. The summed E-state index contributed by atoms with van der Waals surface area (Å²) in [5.41, 5.74) is -0.795. The molecule has 0 unspecified atom stereocenters. The van der Waals surface area contributed by atoms with Crippen molar-refractivity contribution in [2.24, 2.45) is 5.92 Å². The van der Waals surface area contributed by atoms with E-state index in [1.807, 2.05) is 30.3 Å². The topological polar surface area (TPSA) is 169 Å². The first-order chi connectivity index (χ1) is 22.6. The third-order valence-corrected chi connectivity index (χ3v) is 8.88. The molecule has 3 atom stereocenters. The van der Waals surface area contributed by atoms with Gasteiger partial charge in [0.1, 0.15) is 11.6 Å². The molecule has 1 aromatic carbocycles. The Morgan fingerprint density at radius 2 is 1.58 bits per heavy atom. The number of hydrogen-bond donors (Lipinski definition) is 6. The van der Waals surface area contributed by atoms with Gasteiger partial charge in [0.2, 0.25) is 11.8 Å². The van der Waals surface area contributed by atoms with Gasteiger partial charge in [-0.3, -0.25) is 9.59 Å². The lowest BCUT2D eigenvalue weighted by molar-refractivity contribution is -0.124. The van der Waals surface area contributed by atoms with Crippen LogP contribution in [0.5, 0.6) is 0 Å². The number of alkyl carbamates (subject to hydrolysis) is 1. The number of aliphatic hydroxyl groups excluding tert-OH is 1. The van der Waals surface area contributed by atoms with Gasteiger partial charge in [-0.05, 0) is 65.4 Å². The van der Waals surface area contributed by atoms with E-state index >= 15 is 0 Å². The van der Waals surface area contributed by atoms with Gasteiger partial charge >= 0.3 is 12.1 Å². The molecule has 0 radical (unpaired) electrons. The van der Waals surface area contributed by atoms with E-state index in [0.717, 1.165) is 31.2 Å². The first-order valence-electron chi connectivity index (χ1n) is 17.6. The third-order valence-electron chi connectivity index (χ3n) is 8.88. The summed E-state index contributed by atoms with van der Waals surface area (Å²) in [4.78, 5) is 53.5. The van der Waals surface area contributed by atoms with Crippen molar-refractivity contribution in [2.75, 3.05) is 19.6 Å². The number of aliphatic hydroxyl groups is 2. The Morgan fingerprint density at radius 1 is 0.938 bits per heavy atom. The summed E-state index contributed by atoms with van der Waals surface area (Å²) < 4.78 is 5.34. The van der Waals surface area contributed by atoms with Crippen molar-refractivity contribution < 1.29 is 34.1 Å². The molecule has 2 aliphatic rings. The zero-order valence-electron chi connectivity index (χ0n) is 29.6. The molecule has 3 rings (SSSR count). The van der Waals surface area contributed by atoms with Crippen molar-refractivity contribution >= 4 is 23.9 Å². The molecule has 1 saturated carbocycles. The van der Waals surface area contributed by atoms with Gasteiger partial charge in [-0.1, -0.05) is 62.4 Å². The summed E-state index contributed by atoms with van der Waals surface area (Å²) in [7, 11) is 0. The molecule has 12 nitrogen and oxygen atoms in total. The van der Waals surface area contributed by atoms with Crippen LogP contribution in [-0.4, -0.2) is 94.1 Å². The molecule has 1 aromatic rings. The van der Waals surface area contributed by atoms with E-state index in [2.05, 4.69) is 21.3 Å². The molecule has 270 valence electrons. The minimum absolute atomic E-state index is 0.00626. The van der Waals surface area contributed by atoms with Crippen molar-refractivity contribution in [1.29, 1.82) is 0 Å². The second kappa shape index (κ2) is 18.4. The van der Waals surface area contributed by atoms with E-state index in [-0.39, 0.29) is 43.8 Å². The summed E-state index contributed by atoms with van der Waals surface area (Å²) in [6.07, 6.45) is 6.42. The van der Waals surface area contributed by atoms with Crippen LogP contribution < -0.4 is 21.3 Å². The Kier molecular flexibility index (Phi) is 15.0. The summed E-state index contributed by atoms with van der Waals surface area (Å²) in [5, 5.41) is 32.7. The molecule has 0 bridgehead atoms. The van der Waals surface area contributed by atoms with E-state index in [1.165, 1.54) is 6.42 Å². The fourth-order valence-electron chi connectivity index (χ4n) is 6.45. The van der Waals surface area contributed by atoms with E-state index in [0.29, 0.717) is 38.3 Å². The lowest BCUT2D eigenvalue weighted by atomic mass is 9.82. The number of ether oxygens (including phenoxy) is 1. The van der Waals surface area contributed by atoms with E-state index in [4.69, 9.17) is 4.74 Å². The predicted molar refractivity (Wildman–Crippen MR) is 184 cm³/mol. The quantitative estimate of drug-likeness (QED) is 0.175. The zero-order valence-corrected chi connectivity index (χ0v) is 29.6. The number of rotatable bonds is 14. The van der Waals surface area contributed by atoms with Crippen molar-refractivity contribution in [2.45, 2.75) is 141 Å².